The van der Waals surface area contributed by atoms with Gasteiger partial charge in [0.1, 0.15) is 5.82 Å². The Morgan fingerprint density at radius 3 is 2.19 bits per heavy atom. The van der Waals surface area contributed by atoms with Crippen molar-refractivity contribution in [2.75, 3.05) is 45.2 Å². The molecule has 0 atom stereocenters. The zero-order valence-corrected chi connectivity index (χ0v) is 19.9. The smallest absolute Gasteiger partial charge is 0.354 e. The van der Waals surface area contributed by atoms with Gasteiger partial charge in [-0.2, -0.15) is 13.2 Å². The van der Waals surface area contributed by atoms with E-state index >= 15 is 0 Å². The summed E-state index contributed by atoms with van der Waals surface area (Å²) < 4.78 is 38.0. The SMILES string of the molecule is CN=C(NCc1ccc(C(F)(F)F)cc1)NCc1ccnc(N2CCN(C)CC2)c1.I. The van der Waals surface area contributed by atoms with E-state index in [-0.39, 0.29) is 24.0 Å². The lowest BCUT2D eigenvalue weighted by Gasteiger charge is -2.33. The van der Waals surface area contributed by atoms with Gasteiger partial charge in [-0.1, -0.05) is 12.1 Å². The zero-order chi connectivity index (χ0) is 21.6. The van der Waals surface area contributed by atoms with E-state index in [4.69, 9.17) is 0 Å². The predicted molar refractivity (Wildman–Crippen MR) is 128 cm³/mol. The van der Waals surface area contributed by atoms with Gasteiger partial charge < -0.3 is 20.4 Å². The average Bonchev–Trinajstić information content (AvgIpc) is 2.74. The van der Waals surface area contributed by atoms with Crippen molar-refractivity contribution < 1.29 is 13.2 Å². The number of halogens is 4. The van der Waals surface area contributed by atoms with Crippen molar-refractivity contribution in [1.29, 1.82) is 0 Å². The number of rotatable bonds is 5. The average molecular weight is 548 g/mol. The minimum absolute atomic E-state index is 0. The van der Waals surface area contributed by atoms with Crippen LogP contribution >= 0.6 is 24.0 Å². The first-order valence-electron chi connectivity index (χ1n) is 9.84. The lowest BCUT2D eigenvalue weighted by atomic mass is 10.1. The van der Waals surface area contributed by atoms with Gasteiger partial charge in [-0.15, -0.1) is 24.0 Å². The van der Waals surface area contributed by atoms with Crippen molar-refractivity contribution in [1.82, 2.24) is 20.5 Å². The van der Waals surface area contributed by atoms with Crippen LogP contribution < -0.4 is 15.5 Å². The van der Waals surface area contributed by atoms with Crippen LogP contribution in [-0.4, -0.2) is 56.1 Å². The molecule has 1 aromatic heterocycles. The molecule has 1 saturated heterocycles. The molecule has 1 fully saturated rings. The van der Waals surface area contributed by atoms with Crippen LogP contribution in [0.5, 0.6) is 0 Å². The van der Waals surface area contributed by atoms with E-state index in [1.807, 2.05) is 12.3 Å². The van der Waals surface area contributed by atoms with Crippen LogP contribution in [0.1, 0.15) is 16.7 Å². The second-order valence-electron chi connectivity index (χ2n) is 7.29. The Kier molecular flexibility index (Phi) is 9.35. The largest absolute Gasteiger partial charge is 0.416 e. The molecule has 0 unspecified atom stereocenters. The number of hydrogen-bond acceptors (Lipinski definition) is 4. The van der Waals surface area contributed by atoms with Crippen LogP contribution in [0.25, 0.3) is 0 Å². The van der Waals surface area contributed by atoms with Crippen LogP contribution in [0, 0.1) is 0 Å². The minimum Gasteiger partial charge on any atom is -0.354 e. The number of hydrogen-bond donors (Lipinski definition) is 2. The molecule has 0 amide bonds. The van der Waals surface area contributed by atoms with Crippen LogP contribution in [0.4, 0.5) is 19.0 Å². The Hall–Kier alpha value is -2.08. The summed E-state index contributed by atoms with van der Waals surface area (Å²) in [4.78, 5) is 13.2. The monoisotopic (exact) mass is 548 g/mol. The molecular formula is C21H28F3IN6. The van der Waals surface area contributed by atoms with E-state index in [1.165, 1.54) is 12.1 Å². The molecule has 0 saturated carbocycles. The van der Waals surface area contributed by atoms with Crippen molar-refractivity contribution in [3.63, 3.8) is 0 Å². The predicted octanol–water partition coefficient (Wildman–Crippen LogP) is 3.34. The fraction of sp³-hybridized carbons (Fsp3) is 0.429. The van der Waals surface area contributed by atoms with Crippen molar-refractivity contribution in [3.8, 4) is 0 Å². The van der Waals surface area contributed by atoms with Crippen molar-refractivity contribution in [2.45, 2.75) is 19.3 Å². The number of guanidine groups is 1. The molecule has 2 heterocycles. The standard InChI is InChI=1S/C21H27F3N6.HI/c1-25-20(27-14-16-3-5-18(6-4-16)21(22,23)24)28-15-17-7-8-26-19(13-17)30-11-9-29(2)10-12-30;/h3-8,13H,9-12,14-15H2,1-2H3,(H2,25,27,28);1H. The summed E-state index contributed by atoms with van der Waals surface area (Å²) in [6.45, 7) is 4.89. The molecule has 1 aliphatic rings. The molecule has 2 N–H and O–H groups in total. The highest BCUT2D eigenvalue weighted by atomic mass is 127. The number of likely N-dealkylation sites (N-methyl/N-ethyl adjacent to an activating group) is 1. The van der Waals surface area contributed by atoms with Gasteiger partial charge in [0.05, 0.1) is 5.56 Å². The van der Waals surface area contributed by atoms with Crippen LogP contribution in [0.3, 0.4) is 0 Å². The number of nitrogens with zero attached hydrogens (tertiary/aromatic N) is 4. The van der Waals surface area contributed by atoms with E-state index in [0.29, 0.717) is 19.0 Å². The Balaban J connectivity index is 0.00000341. The van der Waals surface area contributed by atoms with E-state index in [2.05, 4.69) is 43.5 Å². The maximum Gasteiger partial charge on any atom is 0.416 e. The maximum atomic E-state index is 12.7. The number of pyridine rings is 1. The van der Waals surface area contributed by atoms with Gasteiger partial charge in [-0.25, -0.2) is 4.98 Å². The molecular weight excluding hydrogens is 520 g/mol. The molecule has 31 heavy (non-hydrogen) atoms. The van der Waals surface area contributed by atoms with Gasteiger partial charge in [0.15, 0.2) is 5.96 Å². The molecule has 0 radical (unpaired) electrons. The molecule has 1 aromatic carbocycles. The second kappa shape index (κ2) is 11.5. The van der Waals surface area contributed by atoms with E-state index in [1.54, 1.807) is 7.05 Å². The van der Waals surface area contributed by atoms with Gasteiger partial charge in [0, 0.05) is 52.5 Å². The first-order chi connectivity index (χ1) is 14.3. The molecule has 6 nitrogen and oxygen atoms in total. The number of piperazine rings is 1. The normalized spacial score (nSPS) is 15.4. The van der Waals surface area contributed by atoms with Gasteiger partial charge in [-0.05, 0) is 42.4 Å². The highest BCUT2D eigenvalue weighted by Crippen LogP contribution is 2.29. The lowest BCUT2D eigenvalue weighted by molar-refractivity contribution is -0.137. The third kappa shape index (κ3) is 7.53. The molecule has 10 heteroatoms. The maximum absolute atomic E-state index is 12.7. The number of anilines is 1. The van der Waals surface area contributed by atoms with Crippen LogP contribution in [-0.2, 0) is 19.3 Å². The number of aromatic nitrogens is 1. The van der Waals surface area contributed by atoms with E-state index < -0.39 is 11.7 Å². The molecule has 0 bridgehead atoms. The Bertz CT molecular complexity index is 849. The number of nitrogens with one attached hydrogen (secondary N) is 2. The lowest BCUT2D eigenvalue weighted by Crippen LogP contribution is -2.44. The first kappa shape index (κ1) is 25.2. The summed E-state index contributed by atoms with van der Waals surface area (Å²) in [5, 5.41) is 6.36. The van der Waals surface area contributed by atoms with E-state index in [0.717, 1.165) is 55.3 Å². The highest BCUT2D eigenvalue weighted by molar-refractivity contribution is 14.0. The van der Waals surface area contributed by atoms with Crippen LogP contribution in [0.15, 0.2) is 47.6 Å². The van der Waals surface area contributed by atoms with Gasteiger partial charge >= 0.3 is 6.18 Å². The molecule has 0 spiro atoms. The summed E-state index contributed by atoms with van der Waals surface area (Å²) in [7, 11) is 3.78. The summed E-state index contributed by atoms with van der Waals surface area (Å²) in [5.74, 6) is 1.54. The fourth-order valence-corrected chi connectivity index (χ4v) is 3.18. The van der Waals surface area contributed by atoms with Crippen LogP contribution in [0.2, 0.25) is 0 Å². The Morgan fingerprint density at radius 1 is 1.00 bits per heavy atom. The molecule has 2 aromatic rings. The van der Waals surface area contributed by atoms with Crippen molar-refractivity contribution >= 4 is 35.8 Å². The molecule has 1 aliphatic heterocycles. The molecule has 3 rings (SSSR count). The first-order valence-corrected chi connectivity index (χ1v) is 9.84. The topological polar surface area (TPSA) is 55.8 Å². The fourth-order valence-electron chi connectivity index (χ4n) is 3.18. The highest BCUT2D eigenvalue weighted by Gasteiger charge is 2.29. The summed E-state index contributed by atoms with van der Waals surface area (Å²) in [5.41, 5.74) is 1.17. The third-order valence-corrected chi connectivity index (χ3v) is 5.06. The zero-order valence-electron chi connectivity index (χ0n) is 17.6. The molecule has 0 aliphatic carbocycles. The molecule has 170 valence electrons. The summed E-state index contributed by atoms with van der Waals surface area (Å²) >= 11 is 0. The van der Waals surface area contributed by atoms with Gasteiger partial charge in [0.2, 0.25) is 0 Å². The minimum atomic E-state index is -4.32. The number of aliphatic imine (C=N–C) groups is 1. The number of benzene rings is 1. The summed E-state index contributed by atoms with van der Waals surface area (Å²) in [6.07, 6.45) is -2.51. The van der Waals surface area contributed by atoms with Gasteiger partial charge in [-0.3, -0.25) is 4.99 Å². The van der Waals surface area contributed by atoms with Crippen molar-refractivity contribution in [3.05, 3.63) is 59.3 Å². The summed E-state index contributed by atoms with van der Waals surface area (Å²) in [6, 6.07) is 9.13. The van der Waals surface area contributed by atoms with Gasteiger partial charge in [0.25, 0.3) is 0 Å². The Morgan fingerprint density at radius 2 is 1.61 bits per heavy atom. The second-order valence-corrected chi connectivity index (χ2v) is 7.29. The Labute approximate surface area is 198 Å². The van der Waals surface area contributed by atoms with Crippen molar-refractivity contribution in [2.24, 2.45) is 4.99 Å². The number of alkyl halides is 3. The quantitative estimate of drug-likeness (QED) is 0.341. The third-order valence-electron chi connectivity index (χ3n) is 5.06. The van der Waals surface area contributed by atoms with E-state index in [9.17, 15) is 13.2 Å².